The zero-order valence-electron chi connectivity index (χ0n) is 17.0. The first-order valence-electron chi connectivity index (χ1n) is 9.47. The molecule has 7 nitrogen and oxygen atoms in total. The van der Waals surface area contributed by atoms with Gasteiger partial charge in [-0.25, -0.2) is 18.6 Å². The highest BCUT2D eigenvalue weighted by Gasteiger charge is 2.20. The Labute approximate surface area is 180 Å². The molecule has 31 heavy (non-hydrogen) atoms. The van der Waals surface area contributed by atoms with Gasteiger partial charge in [-0.1, -0.05) is 48.5 Å². The number of carboxylic acid groups (broad SMARTS) is 1. The second-order valence-corrected chi connectivity index (χ2v) is 8.67. The van der Waals surface area contributed by atoms with Crippen molar-refractivity contribution in [1.82, 2.24) is 10.3 Å². The van der Waals surface area contributed by atoms with Gasteiger partial charge in [0.15, 0.2) is 5.78 Å². The van der Waals surface area contributed by atoms with Crippen LogP contribution in [0.1, 0.15) is 31.8 Å². The summed E-state index contributed by atoms with van der Waals surface area (Å²) in [6, 6.07) is 18.7. The van der Waals surface area contributed by atoms with E-state index in [2.05, 4.69) is 10.3 Å². The molecule has 0 aliphatic rings. The van der Waals surface area contributed by atoms with E-state index in [9.17, 15) is 23.1 Å². The number of Topliss-reactive ketones (excluding diaryl/α,β-unsaturated/α-hetero) is 1. The van der Waals surface area contributed by atoms with Gasteiger partial charge < -0.3 is 5.11 Å². The van der Waals surface area contributed by atoms with Crippen molar-refractivity contribution in [1.29, 1.82) is 0 Å². The molecule has 0 spiro atoms. The first kappa shape index (κ1) is 22.4. The average Bonchev–Trinajstić information content (AvgIpc) is 2.74. The number of aromatic carboxylic acids is 1. The molecule has 0 radical (unpaired) electrons. The molecule has 3 aromatic carbocycles. The minimum absolute atomic E-state index is 0.0187. The van der Waals surface area contributed by atoms with E-state index in [0.717, 1.165) is 5.56 Å². The van der Waals surface area contributed by atoms with Crippen LogP contribution in [0.2, 0.25) is 0 Å². The van der Waals surface area contributed by atoms with Crippen molar-refractivity contribution < 1.29 is 23.1 Å². The molecule has 3 N–H and O–H groups in total. The number of carboxylic acids is 1. The van der Waals surface area contributed by atoms with E-state index in [0.29, 0.717) is 16.7 Å². The molecule has 0 heterocycles. The second kappa shape index (κ2) is 9.22. The molecule has 8 heteroatoms. The van der Waals surface area contributed by atoms with Crippen molar-refractivity contribution in [2.45, 2.75) is 18.7 Å². The smallest absolute Gasteiger partial charge is 0.335 e. The second-order valence-electron chi connectivity index (χ2n) is 7.02. The lowest BCUT2D eigenvalue weighted by Crippen LogP contribution is -2.40. The highest BCUT2D eigenvalue weighted by atomic mass is 32.2. The van der Waals surface area contributed by atoms with Crippen molar-refractivity contribution in [3.63, 3.8) is 0 Å². The fourth-order valence-electron chi connectivity index (χ4n) is 3.24. The zero-order valence-corrected chi connectivity index (χ0v) is 17.9. The van der Waals surface area contributed by atoms with Crippen molar-refractivity contribution in [3.05, 3.63) is 89.0 Å². The van der Waals surface area contributed by atoms with Crippen molar-refractivity contribution in [2.75, 3.05) is 6.54 Å². The Hall–Kier alpha value is -3.33. The minimum atomic E-state index is -3.86. The van der Waals surface area contributed by atoms with Gasteiger partial charge >= 0.3 is 5.97 Å². The Morgan fingerprint density at radius 3 is 2.13 bits per heavy atom. The summed E-state index contributed by atoms with van der Waals surface area (Å²) >= 11 is 0. The molecule has 0 unspecified atom stereocenters. The Morgan fingerprint density at radius 1 is 0.871 bits per heavy atom. The molecule has 0 atom stereocenters. The topological polar surface area (TPSA) is 113 Å². The van der Waals surface area contributed by atoms with Crippen LogP contribution in [-0.2, 0) is 10.0 Å². The molecule has 0 fully saturated rings. The summed E-state index contributed by atoms with van der Waals surface area (Å²) in [6.07, 6.45) is 0. The van der Waals surface area contributed by atoms with Gasteiger partial charge in [0.25, 0.3) is 10.0 Å². The van der Waals surface area contributed by atoms with Gasteiger partial charge in [-0.3, -0.25) is 4.79 Å². The number of aryl methyl sites for hydroxylation is 1. The lowest BCUT2D eigenvalue weighted by molar-refractivity contribution is 0.0696. The third-order valence-corrected chi connectivity index (χ3v) is 6.33. The normalized spacial score (nSPS) is 11.3. The lowest BCUT2D eigenvalue weighted by atomic mass is 9.93. The van der Waals surface area contributed by atoms with Crippen LogP contribution in [0.25, 0.3) is 11.1 Å². The highest BCUT2D eigenvalue weighted by molar-refractivity contribution is 7.89. The molecule has 0 saturated heterocycles. The molecule has 0 aromatic heterocycles. The van der Waals surface area contributed by atoms with E-state index in [4.69, 9.17) is 0 Å². The van der Waals surface area contributed by atoms with Gasteiger partial charge in [-0.2, -0.15) is 0 Å². The number of ketones is 1. The Kier molecular flexibility index (Phi) is 6.65. The number of hydrogen-bond donors (Lipinski definition) is 3. The SMILES string of the molecule is Cc1ccccc1S(=O)(=O)NNCC(=O)c1cc(-c2ccccc2)cc(C(=O)O)c1C. The van der Waals surface area contributed by atoms with Crippen LogP contribution < -0.4 is 10.3 Å². The molecule has 0 aliphatic carbocycles. The number of carbonyl (C=O) groups is 2. The predicted molar refractivity (Wildman–Crippen MR) is 117 cm³/mol. The van der Waals surface area contributed by atoms with Crippen LogP contribution in [0.4, 0.5) is 0 Å². The van der Waals surface area contributed by atoms with Crippen LogP contribution in [-0.4, -0.2) is 31.8 Å². The van der Waals surface area contributed by atoms with E-state index in [-0.39, 0.29) is 22.6 Å². The van der Waals surface area contributed by atoms with E-state index < -0.39 is 21.8 Å². The monoisotopic (exact) mass is 438 g/mol. The molecular formula is C23H22N2O5S. The van der Waals surface area contributed by atoms with Crippen LogP contribution in [0, 0.1) is 13.8 Å². The van der Waals surface area contributed by atoms with E-state index >= 15 is 0 Å². The summed E-state index contributed by atoms with van der Waals surface area (Å²) < 4.78 is 24.9. The lowest BCUT2D eigenvalue weighted by Gasteiger charge is -2.13. The number of hydrazine groups is 1. The molecule has 0 aliphatic heterocycles. The van der Waals surface area contributed by atoms with E-state index in [1.807, 2.05) is 30.3 Å². The summed E-state index contributed by atoms with van der Waals surface area (Å²) in [5.41, 5.74) is 4.93. The largest absolute Gasteiger partial charge is 0.478 e. The summed E-state index contributed by atoms with van der Waals surface area (Å²) in [6.45, 7) is 2.89. The van der Waals surface area contributed by atoms with Crippen molar-refractivity contribution in [3.8, 4) is 11.1 Å². The molecule has 0 bridgehead atoms. The summed E-state index contributed by atoms with van der Waals surface area (Å²) in [4.78, 5) is 26.8. The summed E-state index contributed by atoms with van der Waals surface area (Å²) in [7, 11) is -3.86. The maximum atomic E-state index is 12.8. The van der Waals surface area contributed by atoms with Gasteiger partial charge in [0.05, 0.1) is 17.0 Å². The van der Waals surface area contributed by atoms with Gasteiger partial charge in [0.1, 0.15) is 0 Å². The average molecular weight is 439 g/mol. The van der Waals surface area contributed by atoms with Crippen LogP contribution in [0.15, 0.2) is 71.6 Å². The number of sulfonamides is 1. The summed E-state index contributed by atoms with van der Waals surface area (Å²) in [5, 5.41) is 9.56. The molecule has 160 valence electrons. The molecule has 3 aromatic rings. The molecule has 0 saturated carbocycles. The van der Waals surface area contributed by atoms with E-state index in [1.54, 1.807) is 38.1 Å². The number of nitrogens with one attached hydrogen (secondary N) is 2. The maximum absolute atomic E-state index is 12.8. The number of rotatable bonds is 8. The highest BCUT2D eigenvalue weighted by Crippen LogP contribution is 2.26. The van der Waals surface area contributed by atoms with E-state index in [1.165, 1.54) is 12.1 Å². The van der Waals surface area contributed by atoms with Gasteiger partial charge in [0, 0.05) is 5.56 Å². The van der Waals surface area contributed by atoms with Crippen LogP contribution >= 0.6 is 0 Å². The molecule has 0 amide bonds. The first-order chi connectivity index (χ1) is 14.7. The summed E-state index contributed by atoms with van der Waals surface area (Å²) in [5.74, 6) is -1.58. The van der Waals surface area contributed by atoms with Gasteiger partial charge in [0.2, 0.25) is 0 Å². The Balaban J connectivity index is 1.84. The molecular weight excluding hydrogens is 416 g/mol. The minimum Gasteiger partial charge on any atom is -0.478 e. The first-order valence-corrected chi connectivity index (χ1v) is 11.0. The molecule has 3 rings (SSSR count). The van der Waals surface area contributed by atoms with Crippen molar-refractivity contribution >= 4 is 21.8 Å². The zero-order chi connectivity index (χ0) is 22.6. The maximum Gasteiger partial charge on any atom is 0.335 e. The third kappa shape index (κ3) is 5.05. The van der Waals surface area contributed by atoms with Crippen molar-refractivity contribution in [2.24, 2.45) is 0 Å². The fourth-order valence-corrected chi connectivity index (χ4v) is 4.36. The third-order valence-electron chi connectivity index (χ3n) is 4.88. The van der Waals surface area contributed by atoms with Crippen LogP contribution in [0.3, 0.4) is 0 Å². The number of hydrogen-bond acceptors (Lipinski definition) is 5. The number of carbonyl (C=O) groups excluding carboxylic acids is 1. The van der Waals surface area contributed by atoms with Gasteiger partial charge in [-0.15, -0.1) is 4.83 Å². The predicted octanol–water partition coefficient (Wildman–Crippen LogP) is 3.33. The van der Waals surface area contributed by atoms with Gasteiger partial charge in [-0.05, 0) is 54.3 Å². The Morgan fingerprint density at radius 2 is 1.48 bits per heavy atom. The van der Waals surface area contributed by atoms with Crippen LogP contribution in [0.5, 0.6) is 0 Å². The Bertz CT molecular complexity index is 1240. The number of benzene rings is 3. The standard InChI is InChI=1S/C23H22N2O5S/c1-15-8-6-7-11-22(15)31(29,30)25-24-14-21(26)19-12-18(17-9-4-3-5-10-17)13-20(16(19)2)23(27)28/h3-13,24-25H,14H2,1-2H3,(H,27,28). The quantitative estimate of drug-likeness (QED) is 0.367. The fraction of sp³-hybridized carbons (Fsp3) is 0.130.